The molecule has 1 aromatic rings. The Morgan fingerprint density at radius 2 is 1.94 bits per heavy atom. The second-order valence-electron chi connectivity index (χ2n) is 4.45. The maximum absolute atomic E-state index is 13.2. The minimum Gasteiger partial charge on any atom is -0.394 e. The average Bonchev–Trinajstić information content (AvgIpc) is 3.07. The first kappa shape index (κ1) is 13.3. The molecule has 2 nitrogen and oxygen atoms in total. The highest BCUT2D eigenvalue weighted by molar-refractivity contribution is 5.29. The van der Waals surface area contributed by atoms with Crippen molar-refractivity contribution in [2.45, 2.75) is 31.1 Å². The Morgan fingerprint density at radius 1 is 1.28 bits per heavy atom. The van der Waals surface area contributed by atoms with Crippen LogP contribution in [0, 0.1) is 5.82 Å². The highest BCUT2D eigenvalue weighted by atomic mass is 19.4. The summed E-state index contributed by atoms with van der Waals surface area (Å²) in [7, 11) is 0. The molecule has 1 saturated carbocycles. The van der Waals surface area contributed by atoms with Crippen molar-refractivity contribution in [3.63, 3.8) is 0 Å². The molecule has 18 heavy (non-hydrogen) atoms. The summed E-state index contributed by atoms with van der Waals surface area (Å²) in [5.74, 6) is -0.948. The third-order valence-electron chi connectivity index (χ3n) is 2.85. The Labute approximate surface area is 102 Å². The van der Waals surface area contributed by atoms with Gasteiger partial charge in [-0.3, -0.25) is 0 Å². The molecule has 1 fully saturated rings. The fourth-order valence-corrected chi connectivity index (χ4v) is 1.77. The van der Waals surface area contributed by atoms with Crippen molar-refractivity contribution in [2.24, 2.45) is 0 Å². The van der Waals surface area contributed by atoms with Crippen LogP contribution in [0.1, 0.15) is 30.0 Å². The van der Waals surface area contributed by atoms with Gasteiger partial charge in [-0.25, -0.2) is 4.39 Å². The molecule has 1 atom stereocenters. The molecule has 0 aromatic heterocycles. The van der Waals surface area contributed by atoms with Gasteiger partial charge in [0.05, 0.1) is 18.2 Å². The first-order valence-electron chi connectivity index (χ1n) is 5.64. The normalized spacial score (nSPS) is 17.8. The van der Waals surface area contributed by atoms with Gasteiger partial charge in [-0.2, -0.15) is 13.2 Å². The van der Waals surface area contributed by atoms with Crippen LogP contribution in [-0.2, 0) is 6.18 Å². The molecule has 0 bridgehead atoms. The molecule has 0 radical (unpaired) electrons. The zero-order valence-corrected chi connectivity index (χ0v) is 9.47. The Morgan fingerprint density at radius 3 is 2.44 bits per heavy atom. The van der Waals surface area contributed by atoms with Crippen molar-refractivity contribution >= 4 is 0 Å². The first-order chi connectivity index (χ1) is 8.40. The van der Waals surface area contributed by atoms with Crippen molar-refractivity contribution in [3.05, 3.63) is 35.1 Å². The van der Waals surface area contributed by atoms with Gasteiger partial charge >= 0.3 is 6.18 Å². The summed E-state index contributed by atoms with van der Waals surface area (Å²) in [4.78, 5) is 0. The summed E-state index contributed by atoms with van der Waals surface area (Å²) in [5, 5.41) is 12.2. The number of alkyl halides is 3. The number of nitrogens with one attached hydrogen (secondary N) is 1. The van der Waals surface area contributed by atoms with Gasteiger partial charge in [-0.15, -0.1) is 0 Å². The summed E-state index contributed by atoms with van der Waals surface area (Å²) in [6, 6.07) is 1.90. The number of rotatable bonds is 4. The second-order valence-corrected chi connectivity index (χ2v) is 4.45. The lowest BCUT2D eigenvalue weighted by Gasteiger charge is -2.18. The fraction of sp³-hybridized carbons (Fsp3) is 0.500. The van der Waals surface area contributed by atoms with Crippen molar-refractivity contribution in [1.29, 1.82) is 0 Å². The molecule has 0 saturated heterocycles. The van der Waals surface area contributed by atoms with Crippen LogP contribution in [0.2, 0.25) is 0 Å². The third kappa shape index (κ3) is 3.20. The molecule has 1 aliphatic carbocycles. The number of hydrogen-bond donors (Lipinski definition) is 2. The lowest BCUT2D eigenvalue weighted by molar-refractivity contribution is -0.137. The van der Waals surface area contributed by atoms with Crippen LogP contribution in [0.3, 0.4) is 0 Å². The summed E-state index contributed by atoms with van der Waals surface area (Å²) >= 11 is 0. The van der Waals surface area contributed by atoms with Crippen molar-refractivity contribution in [2.75, 3.05) is 6.61 Å². The smallest absolute Gasteiger partial charge is 0.394 e. The Balaban J connectivity index is 2.27. The lowest BCUT2D eigenvalue weighted by Crippen LogP contribution is -2.26. The van der Waals surface area contributed by atoms with Crippen LogP contribution in [0.25, 0.3) is 0 Å². The van der Waals surface area contributed by atoms with Gasteiger partial charge in [-0.05, 0) is 36.6 Å². The zero-order chi connectivity index (χ0) is 13.3. The second kappa shape index (κ2) is 4.85. The summed E-state index contributed by atoms with van der Waals surface area (Å²) in [6.07, 6.45) is -2.73. The van der Waals surface area contributed by atoms with E-state index in [-0.39, 0.29) is 18.2 Å². The van der Waals surface area contributed by atoms with Crippen molar-refractivity contribution in [3.8, 4) is 0 Å². The summed E-state index contributed by atoms with van der Waals surface area (Å²) in [5.41, 5.74) is -0.912. The summed E-state index contributed by atoms with van der Waals surface area (Å²) in [6.45, 7) is -0.364. The highest BCUT2D eigenvalue weighted by Crippen LogP contribution is 2.32. The quantitative estimate of drug-likeness (QED) is 0.818. The molecule has 0 amide bonds. The van der Waals surface area contributed by atoms with Gasteiger partial charge in [0.25, 0.3) is 0 Å². The van der Waals surface area contributed by atoms with E-state index in [0.717, 1.165) is 25.0 Å². The van der Waals surface area contributed by atoms with Gasteiger partial charge in [-0.1, -0.05) is 0 Å². The monoisotopic (exact) mass is 263 g/mol. The zero-order valence-electron chi connectivity index (χ0n) is 9.47. The van der Waals surface area contributed by atoms with E-state index in [9.17, 15) is 22.7 Å². The van der Waals surface area contributed by atoms with E-state index in [1.54, 1.807) is 0 Å². The van der Waals surface area contributed by atoms with Gasteiger partial charge in [0.1, 0.15) is 5.82 Å². The van der Waals surface area contributed by atoms with Gasteiger partial charge < -0.3 is 10.4 Å². The van der Waals surface area contributed by atoms with E-state index >= 15 is 0 Å². The molecule has 100 valence electrons. The van der Waals surface area contributed by atoms with E-state index in [2.05, 4.69) is 5.32 Å². The van der Waals surface area contributed by atoms with Crippen LogP contribution in [0.5, 0.6) is 0 Å². The van der Waals surface area contributed by atoms with E-state index in [4.69, 9.17) is 0 Å². The lowest BCUT2D eigenvalue weighted by atomic mass is 10.0. The molecular formula is C12H13F4NO. The minimum atomic E-state index is -4.59. The minimum absolute atomic E-state index is 0.122. The number of halogens is 4. The molecule has 0 heterocycles. The third-order valence-corrected chi connectivity index (χ3v) is 2.85. The van der Waals surface area contributed by atoms with Gasteiger partial charge in [0, 0.05) is 6.04 Å². The predicted octanol–water partition coefficient (Wildman–Crippen LogP) is 2.63. The topological polar surface area (TPSA) is 32.3 Å². The van der Waals surface area contributed by atoms with Crippen molar-refractivity contribution < 1.29 is 22.7 Å². The molecule has 2 rings (SSSR count). The number of hydrogen-bond acceptors (Lipinski definition) is 2. The van der Waals surface area contributed by atoms with Crippen LogP contribution in [-0.4, -0.2) is 17.8 Å². The van der Waals surface area contributed by atoms with Crippen molar-refractivity contribution in [1.82, 2.24) is 5.32 Å². The first-order valence-corrected chi connectivity index (χ1v) is 5.64. The maximum Gasteiger partial charge on any atom is 0.416 e. The van der Waals surface area contributed by atoms with E-state index < -0.39 is 23.6 Å². The molecule has 1 aromatic carbocycles. The Hall–Kier alpha value is -1.14. The fourth-order valence-electron chi connectivity index (χ4n) is 1.77. The number of aliphatic hydroxyl groups excluding tert-OH is 1. The largest absolute Gasteiger partial charge is 0.416 e. The Kier molecular flexibility index (Phi) is 3.59. The van der Waals surface area contributed by atoms with Gasteiger partial charge in [0.2, 0.25) is 0 Å². The highest BCUT2D eigenvalue weighted by Gasteiger charge is 2.32. The molecule has 1 aliphatic rings. The van der Waals surface area contributed by atoms with Crippen LogP contribution in [0.15, 0.2) is 18.2 Å². The number of aliphatic hydroxyl groups is 1. The maximum atomic E-state index is 13.2. The Bertz CT molecular complexity index is 429. The SMILES string of the molecule is OCC(NC1CC1)c1cc(F)cc(C(F)(F)F)c1. The molecule has 1 unspecified atom stereocenters. The van der Waals surface area contributed by atoms with Crippen LogP contribution >= 0.6 is 0 Å². The summed E-state index contributed by atoms with van der Waals surface area (Å²) < 4.78 is 50.8. The average molecular weight is 263 g/mol. The predicted molar refractivity (Wildman–Crippen MR) is 57.4 cm³/mol. The number of benzene rings is 1. The standard InChI is InChI=1S/C12H13F4NO/c13-9-4-7(3-8(5-9)12(14,15)16)11(6-18)17-10-1-2-10/h3-5,10-11,17-18H,1-2,6H2. The van der Waals surface area contributed by atoms with E-state index in [1.807, 2.05) is 0 Å². The molecular weight excluding hydrogens is 250 g/mol. The molecule has 6 heteroatoms. The van der Waals surface area contributed by atoms with Crippen LogP contribution in [0.4, 0.5) is 17.6 Å². The van der Waals surface area contributed by atoms with Gasteiger partial charge in [0.15, 0.2) is 0 Å². The van der Waals surface area contributed by atoms with E-state index in [0.29, 0.717) is 6.07 Å². The molecule has 2 N–H and O–H groups in total. The van der Waals surface area contributed by atoms with E-state index in [1.165, 1.54) is 0 Å². The van der Waals surface area contributed by atoms with Crippen LogP contribution < -0.4 is 5.32 Å². The molecule has 0 spiro atoms. The molecule has 0 aliphatic heterocycles.